The molecule has 0 saturated heterocycles. The van der Waals surface area contributed by atoms with Crippen molar-refractivity contribution >= 4 is 11.9 Å². The van der Waals surface area contributed by atoms with Crippen LogP contribution in [0.1, 0.15) is 29.0 Å². The molecule has 6 nitrogen and oxygen atoms in total. The molecule has 0 spiro atoms. The van der Waals surface area contributed by atoms with Gasteiger partial charge >= 0.3 is 5.97 Å². The molecular formula is C21H20N2O4. The first kappa shape index (κ1) is 18.5. The standard InChI is InChI=1S/C21H20N2O4/c1-26-21(25)18(10-14-5-3-2-4-6-14)23-20(24)11-16-13-27-19-8-7-15(12-22)9-17(16)19/h2-9,16,18H,10-11,13H2,1H3,(H,23,24)/t16?,18-/m0/s1. The summed E-state index contributed by atoms with van der Waals surface area (Å²) >= 11 is 0. The molecule has 2 atom stereocenters. The van der Waals surface area contributed by atoms with Gasteiger partial charge in [0.1, 0.15) is 11.8 Å². The van der Waals surface area contributed by atoms with E-state index in [-0.39, 0.29) is 18.2 Å². The highest BCUT2D eigenvalue weighted by molar-refractivity contribution is 5.85. The number of carbonyl (C=O) groups excluding carboxylic acids is 2. The van der Waals surface area contributed by atoms with Crippen LogP contribution in [0.4, 0.5) is 0 Å². The monoisotopic (exact) mass is 364 g/mol. The van der Waals surface area contributed by atoms with Crippen LogP contribution in [0.25, 0.3) is 0 Å². The molecule has 0 bridgehead atoms. The van der Waals surface area contributed by atoms with E-state index in [1.165, 1.54) is 7.11 Å². The van der Waals surface area contributed by atoms with Crippen molar-refractivity contribution < 1.29 is 19.1 Å². The summed E-state index contributed by atoms with van der Waals surface area (Å²) in [5.74, 6) is -0.198. The zero-order chi connectivity index (χ0) is 19.2. The van der Waals surface area contributed by atoms with Crippen LogP contribution in [0.2, 0.25) is 0 Å². The van der Waals surface area contributed by atoms with Crippen molar-refractivity contribution in [2.24, 2.45) is 0 Å². The third-order valence-corrected chi connectivity index (χ3v) is 4.55. The third-order valence-electron chi connectivity index (χ3n) is 4.55. The topological polar surface area (TPSA) is 88.4 Å². The summed E-state index contributed by atoms with van der Waals surface area (Å²) < 4.78 is 10.4. The van der Waals surface area contributed by atoms with E-state index in [0.717, 1.165) is 11.1 Å². The van der Waals surface area contributed by atoms with Crippen molar-refractivity contribution in [2.75, 3.05) is 13.7 Å². The van der Waals surface area contributed by atoms with Gasteiger partial charge in [-0.05, 0) is 23.8 Å². The fourth-order valence-electron chi connectivity index (χ4n) is 3.18. The number of nitriles is 1. The van der Waals surface area contributed by atoms with Crippen LogP contribution in [-0.2, 0) is 20.7 Å². The number of ether oxygens (including phenoxy) is 2. The van der Waals surface area contributed by atoms with Crippen molar-refractivity contribution in [1.82, 2.24) is 5.32 Å². The number of nitrogens with one attached hydrogen (secondary N) is 1. The summed E-state index contributed by atoms with van der Waals surface area (Å²) in [5, 5.41) is 11.8. The third kappa shape index (κ3) is 4.45. The quantitative estimate of drug-likeness (QED) is 0.795. The Bertz CT molecular complexity index is 873. The van der Waals surface area contributed by atoms with E-state index in [9.17, 15) is 9.59 Å². The molecule has 2 aromatic rings. The summed E-state index contributed by atoms with van der Waals surface area (Å²) in [7, 11) is 1.30. The molecule has 0 aromatic heterocycles. The van der Waals surface area contributed by atoms with Gasteiger partial charge in [-0.2, -0.15) is 5.26 Å². The Kier molecular flexibility index (Phi) is 5.72. The summed E-state index contributed by atoms with van der Waals surface area (Å²) in [4.78, 5) is 24.6. The first-order valence-corrected chi connectivity index (χ1v) is 8.68. The van der Waals surface area contributed by atoms with E-state index in [4.69, 9.17) is 14.7 Å². The predicted octanol–water partition coefficient (Wildman–Crippen LogP) is 2.32. The van der Waals surface area contributed by atoms with Gasteiger partial charge in [0.25, 0.3) is 0 Å². The molecule has 0 saturated carbocycles. The van der Waals surface area contributed by atoms with E-state index in [2.05, 4.69) is 11.4 Å². The Morgan fingerprint density at radius 1 is 1.30 bits per heavy atom. The van der Waals surface area contributed by atoms with E-state index in [1.807, 2.05) is 30.3 Å². The largest absolute Gasteiger partial charge is 0.493 e. The number of benzene rings is 2. The van der Waals surface area contributed by atoms with Crippen LogP contribution in [0.5, 0.6) is 5.75 Å². The predicted molar refractivity (Wildman–Crippen MR) is 98.1 cm³/mol. The molecule has 27 heavy (non-hydrogen) atoms. The lowest BCUT2D eigenvalue weighted by molar-refractivity contribution is -0.145. The average molecular weight is 364 g/mol. The highest BCUT2D eigenvalue weighted by atomic mass is 16.5. The molecular weight excluding hydrogens is 344 g/mol. The Morgan fingerprint density at radius 2 is 2.07 bits per heavy atom. The number of hydrogen-bond donors (Lipinski definition) is 1. The fraction of sp³-hybridized carbons (Fsp3) is 0.286. The zero-order valence-corrected chi connectivity index (χ0v) is 15.0. The number of rotatable bonds is 6. The van der Waals surface area contributed by atoms with Crippen LogP contribution in [-0.4, -0.2) is 31.6 Å². The van der Waals surface area contributed by atoms with E-state index >= 15 is 0 Å². The summed E-state index contributed by atoms with van der Waals surface area (Å²) in [6.07, 6.45) is 0.528. The lowest BCUT2D eigenvalue weighted by atomic mass is 9.95. The summed E-state index contributed by atoms with van der Waals surface area (Å²) in [6, 6.07) is 16.0. The van der Waals surface area contributed by atoms with Gasteiger partial charge in [0, 0.05) is 24.3 Å². The van der Waals surface area contributed by atoms with E-state index in [1.54, 1.807) is 18.2 Å². The molecule has 1 heterocycles. The molecule has 0 fully saturated rings. The Labute approximate surface area is 157 Å². The van der Waals surface area contributed by atoms with Crippen LogP contribution < -0.4 is 10.1 Å². The maximum Gasteiger partial charge on any atom is 0.328 e. The number of esters is 1. The summed E-state index contributed by atoms with van der Waals surface area (Å²) in [6.45, 7) is 0.374. The number of nitrogens with zero attached hydrogens (tertiary/aromatic N) is 1. The highest BCUT2D eigenvalue weighted by Crippen LogP contribution is 2.36. The lowest BCUT2D eigenvalue weighted by Crippen LogP contribution is -2.43. The van der Waals surface area contributed by atoms with Gasteiger partial charge < -0.3 is 14.8 Å². The molecule has 0 radical (unpaired) electrons. The minimum atomic E-state index is -0.753. The van der Waals surface area contributed by atoms with E-state index in [0.29, 0.717) is 24.3 Å². The Balaban J connectivity index is 1.67. The van der Waals surface area contributed by atoms with Gasteiger partial charge in [-0.15, -0.1) is 0 Å². The zero-order valence-electron chi connectivity index (χ0n) is 15.0. The molecule has 1 aliphatic rings. The smallest absolute Gasteiger partial charge is 0.328 e. The minimum absolute atomic E-state index is 0.150. The Hall–Kier alpha value is -3.33. The second kappa shape index (κ2) is 8.37. The average Bonchev–Trinajstić information content (AvgIpc) is 3.09. The second-order valence-corrected chi connectivity index (χ2v) is 6.41. The van der Waals surface area contributed by atoms with Crippen LogP contribution in [0.15, 0.2) is 48.5 Å². The van der Waals surface area contributed by atoms with Crippen LogP contribution in [0, 0.1) is 11.3 Å². The minimum Gasteiger partial charge on any atom is -0.493 e. The van der Waals surface area contributed by atoms with Crippen molar-refractivity contribution in [1.29, 1.82) is 5.26 Å². The van der Waals surface area contributed by atoms with Gasteiger partial charge in [0.15, 0.2) is 0 Å². The number of carbonyl (C=O) groups is 2. The van der Waals surface area contributed by atoms with E-state index < -0.39 is 12.0 Å². The molecule has 1 amide bonds. The van der Waals surface area contributed by atoms with Crippen molar-refractivity contribution in [3.63, 3.8) is 0 Å². The molecule has 1 aliphatic heterocycles. The highest BCUT2D eigenvalue weighted by Gasteiger charge is 2.29. The number of amides is 1. The molecule has 6 heteroatoms. The van der Waals surface area contributed by atoms with Gasteiger partial charge in [-0.1, -0.05) is 30.3 Å². The lowest BCUT2D eigenvalue weighted by Gasteiger charge is -2.18. The maximum atomic E-state index is 12.5. The number of fused-ring (bicyclic) bond motifs is 1. The van der Waals surface area contributed by atoms with Crippen molar-refractivity contribution in [3.8, 4) is 11.8 Å². The maximum absolute atomic E-state index is 12.5. The van der Waals surface area contributed by atoms with Crippen molar-refractivity contribution in [2.45, 2.75) is 24.8 Å². The fourth-order valence-corrected chi connectivity index (χ4v) is 3.18. The van der Waals surface area contributed by atoms with Crippen LogP contribution >= 0.6 is 0 Å². The molecule has 1 N–H and O–H groups in total. The normalized spacial score (nSPS) is 15.8. The van der Waals surface area contributed by atoms with Crippen LogP contribution in [0.3, 0.4) is 0 Å². The van der Waals surface area contributed by atoms with Crippen molar-refractivity contribution in [3.05, 3.63) is 65.2 Å². The second-order valence-electron chi connectivity index (χ2n) is 6.41. The first-order valence-electron chi connectivity index (χ1n) is 8.68. The number of methoxy groups -OCH3 is 1. The molecule has 1 unspecified atom stereocenters. The van der Waals surface area contributed by atoms with Gasteiger partial charge in [-0.3, -0.25) is 4.79 Å². The molecule has 0 aliphatic carbocycles. The SMILES string of the molecule is COC(=O)[C@H](Cc1ccccc1)NC(=O)CC1COc2ccc(C#N)cc21. The molecule has 3 rings (SSSR count). The van der Waals surface area contributed by atoms with Gasteiger partial charge in [0.2, 0.25) is 5.91 Å². The van der Waals surface area contributed by atoms with Gasteiger partial charge in [-0.25, -0.2) is 4.79 Å². The molecule has 2 aromatic carbocycles. The first-order chi connectivity index (χ1) is 13.1. The Morgan fingerprint density at radius 3 is 2.78 bits per heavy atom. The molecule has 138 valence electrons. The summed E-state index contributed by atoms with van der Waals surface area (Å²) in [5.41, 5.74) is 2.31. The van der Waals surface area contributed by atoms with Gasteiger partial charge in [0.05, 0.1) is 25.3 Å². The number of hydrogen-bond acceptors (Lipinski definition) is 5.